The van der Waals surface area contributed by atoms with E-state index < -0.39 is 5.97 Å². The number of hydrogen-bond acceptors (Lipinski definition) is 3. The lowest BCUT2D eigenvalue weighted by Gasteiger charge is -2.05. The summed E-state index contributed by atoms with van der Waals surface area (Å²) >= 11 is 0. The predicted molar refractivity (Wildman–Crippen MR) is 87.2 cm³/mol. The van der Waals surface area contributed by atoms with E-state index >= 15 is 0 Å². The molecule has 2 aromatic rings. The molecule has 0 unspecified atom stereocenters. The van der Waals surface area contributed by atoms with Gasteiger partial charge in [-0.2, -0.15) is 0 Å². The van der Waals surface area contributed by atoms with Gasteiger partial charge in [0.25, 0.3) is 0 Å². The molecule has 0 heterocycles. The maximum absolute atomic E-state index is 11.8. The summed E-state index contributed by atoms with van der Waals surface area (Å²) in [4.78, 5) is 23.4. The van der Waals surface area contributed by atoms with Crippen LogP contribution in [-0.2, 0) is 14.3 Å². The highest BCUT2D eigenvalue weighted by atomic mass is 16.5. The number of esters is 1. The molecule has 0 radical (unpaired) electrons. The molecule has 0 aliphatic rings. The fourth-order valence-electron chi connectivity index (χ4n) is 2.08. The van der Waals surface area contributed by atoms with Gasteiger partial charge in [-0.05, 0) is 36.6 Å². The molecule has 3 heteroatoms. The SMILES string of the molecule is CCOC(=O)/C(=C\c1ccc(-c2ccccc2)cc1)C(C)=O. The second kappa shape index (κ2) is 7.36. The van der Waals surface area contributed by atoms with Gasteiger partial charge in [0, 0.05) is 0 Å². The van der Waals surface area contributed by atoms with E-state index in [9.17, 15) is 9.59 Å². The Hall–Kier alpha value is -2.68. The average molecular weight is 294 g/mol. The molecule has 0 fully saturated rings. The molecule has 0 bridgehead atoms. The van der Waals surface area contributed by atoms with Crippen LogP contribution in [0, 0.1) is 0 Å². The van der Waals surface area contributed by atoms with E-state index in [4.69, 9.17) is 4.74 Å². The van der Waals surface area contributed by atoms with Crippen LogP contribution >= 0.6 is 0 Å². The summed E-state index contributed by atoms with van der Waals surface area (Å²) in [5, 5.41) is 0. The molecule has 2 rings (SSSR count). The van der Waals surface area contributed by atoms with Crippen LogP contribution in [0.15, 0.2) is 60.2 Å². The van der Waals surface area contributed by atoms with E-state index in [0.29, 0.717) is 0 Å². The third-order valence-electron chi connectivity index (χ3n) is 3.20. The van der Waals surface area contributed by atoms with Crippen molar-refractivity contribution in [1.82, 2.24) is 0 Å². The van der Waals surface area contributed by atoms with Crippen LogP contribution in [0.25, 0.3) is 17.2 Å². The van der Waals surface area contributed by atoms with Gasteiger partial charge in [0.15, 0.2) is 5.78 Å². The fraction of sp³-hybridized carbons (Fsp3) is 0.158. The lowest BCUT2D eigenvalue weighted by atomic mass is 10.0. The minimum atomic E-state index is -0.581. The number of benzene rings is 2. The molecule has 0 aliphatic carbocycles. The summed E-state index contributed by atoms with van der Waals surface area (Å²) in [5.41, 5.74) is 3.06. The molecule has 0 N–H and O–H groups in total. The molecule has 22 heavy (non-hydrogen) atoms. The van der Waals surface area contributed by atoms with Gasteiger partial charge in [0.05, 0.1) is 6.61 Å². The van der Waals surface area contributed by atoms with Crippen molar-refractivity contribution in [2.45, 2.75) is 13.8 Å². The van der Waals surface area contributed by atoms with Crippen LogP contribution in [0.5, 0.6) is 0 Å². The van der Waals surface area contributed by atoms with Crippen LogP contribution in [0.4, 0.5) is 0 Å². The van der Waals surface area contributed by atoms with Crippen molar-refractivity contribution in [3.8, 4) is 11.1 Å². The van der Waals surface area contributed by atoms with Gasteiger partial charge in [0.1, 0.15) is 5.57 Å². The van der Waals surface area contributed by atoms with Gasteiger partial charge in [-0.25, -0.2) is 4.79 Å². The standard InChI is InChI=1S/C19H18O3/c1-3-22-19(21)18(14(2)20)13-15-9-11-17(12-10-15)16-7-5-4-6-8-16/h4-13H,3H2,1-2H3/b18-13-. The molecule has 0 saturated heterocycles. The zero-order valence-corrected chi connectivity index (χ0v) is 12.7. The molecule has 0 aliphatic heterocycles. The average Bonchev–Trinajstić information content (AvgIpc) is 2.54. The smallest absolute Gasteiger partial charge is 0.341 e. The van der Waals surface area contributed by atoms with E-state index in [-0.39, 0.29) is 18.0 Å². The monoisotopic (exact) mass is 294 g/mol. The summed E-state index contributed by atoms with van der Waals surface area (Å²) in [6.07, 6.45) is 1.56. The predicted octanol–water partition coefficient (Wildman–Crippen LogP) is 3.89. The lowest BCUT2D eigenvalue weighted by Crippen LogP contribution is -2.13. The first-order valence-corrected chi connectivity index (χ1v) is 7.17. The molecule has 2 aromatic carbocycles. The van der Waals surface area contributed by atoms with Crippen molar-refractivity contribution in [2.24, 2.45) is 0 Å². The van der Waals surface area contributed by atoms with Crippen molar-refractivity contribution < 1.29 is 14.3 Å². The molecule has 0 atom stereocenters. The number of Topliss-reactive ketones (excluding diaryl/α,β-unsaturated/α-hetero) is 1. The van der Waals surface area contributed by atoms with E-state index in [1.54, 1.807) is 13.0 Å². The third kappa shape index (κ3) is 3.92. The van der Waals surface area contributed by atoms with Gasteiger partial charge in [0.2, 0.25) is 0 Å². The Morgan fingerprint density at radius 1 is 0.955 bits per heavy atom. The Morgan fingerprint density at radius 3 is 2.09 bits per heavy atom. The maximum atomic E-state index is 11.8. The Kier molecular flexibility index (Phi) is 5.26. The first kappa shape index (κ1) is 15.7. The first-order valence-electron chi connectivity index (χ1n) is 7.17. The molecule has 0 amide bonds. The van der Waals surface area contributed by atoms with Crippen LogP contribution in [0.1, 0.15) is 19.4 Å². The molecular weight excluding hydrogens is 276 g/mol. The number of carbonyl (C=O) groups is 2. The molecule has 112 valence electrons. The van der Waals surface area contributed by atoms with Crippen molar-refractivity contribution in [1.29, 1.82) is 0 Å². The lowest BCUT2D eigenvalue weighted by molar-refractivity contribution is -0.139. The minimum Gasteiger partial charge on any atom is -0.462 e. The number of hydrogen-bond donors (Lipinski definition) is 0. The van der Waals surface area contributed by atoms with Crippen molar-refractivity contribution >= 4 is 17.8 Å². The second-order valence-electron chi connectivity index (χ2n) is 4.82. The van der Waals surface area contributed by atoms with Gasteiger partial charge in [-0.15, -0.1) is 0 Å². The van der Waals surface area contributed by atoms with E-state index in [0.717, 1.165) is 16.7 Å². The Bertz CT molecular complexity index is 682. The van der Waals surface area contributed by atoms with E-state index in [1.807, 2.05) is 54.6 Å². The quantitative estimate of drug-likeness (QED) is 0.364. The van der Waals surface area contributed by atoms with Crippen LogP contribution in [0.2, 0.25) is 0 Å². The Labute approximate surface area is 130 Å². The van der Waals surface area contributed by atoms with Crippen molar-refractivity contribution in [2.75, 3.05) is 6.61 Å². The van der Waals surface area contributed by atoms with Crippen molar-refractivity contribution in [3.05, 3.63) is 65.7 Å². The summed E-state index contributed by atoms with van der Waals surface area (Å²) < 4.78 is 4.90. The topological polar surface area (TPSA) is 43.4 Å². The van der Waals surface area contributed by atoms with E-state index in [2.05, 4.69) is 0 Å². The summed E-state index contributed by atoms with van der Waals surface area (Å²) in [6, 6.07) is 17.7. The molecular formula is C19H18O3. The van der Waals surface area contributed by atoms with Crippen LogP contribution in [0.3, 0.4) is 0 Å². The van der Waals surface area contributed by atoms with Gasteiger partial charge < -0.3 is 4.74 Å². The molecule has 0 saturated carbocycles. The number of carbonyl (C=O) groups excluding carboxylic acids is 2. The van der Waals surface area contributed by atoms with E-state index in [1.165, 1.54) is 6.92 Å². The summed E-state index contributed by atoms with van der Waals surface area (Å²) in [7, 11) is 0. The summed E-state index contributed by atoms with van der Waals surface area (Å²) in [6.45, 7) is 3.32. The van der Waals surface area contributed by atoms with Gasteiger partial charge in [-0.3, -0.25) is 4.79 Å². The van der Waals surface area contributed by atoms with Crippen LogP contribution < -0.4 is 0 Å². The third-order valence-corrected chi connectivity index (χ3v) is 3.20. The maximum Gasteiger partial charge on any atom is 0.341 e. The number of rotatable bonds is 5. The highest BCUT2D eigenvalue weighted by molar-refractivity contribution is 6.19. The minimum absolute atomic E-state index is 0.0642. The summed E-state index contributed by atoms with van der Waals surface area (Å²) in [5.74, 6) is -0.882. The Balaban J connectivity index is 2.27. The number of ketones is 1. The molecule has 3 nitrogen and oxygen atoms in total. The zero-order chi connectivity index (χ0) is 15.9. The highest BCUT2D eigenvalue weighted by Gasteiger charge is 2.15. The normalized spacial score (nSPS) is 11.1. The Morgan fingerprint density at radius 2 is 1.55 bits per heavy atom. The fourth-order valence-corrected chi connectivity index (χ4v) is 2.08. The number of ether oxygens (including phenoxy) is 1. The van der Waals surface area contributed by atoms with Crippen LogP contribution in [-0.4, -0.2) is 18.4 Å². The zero-order valence-electron chi connectivity index (χ0n) is 12.7. The van der Waals surface area contributed by atoms with Crippen molar-refractivity contribution in [3.63, 3.8) is 0 Å². The van der Waals surface area contributed by atoms with Gasteiger partial charge >= 0.3 is 5.97 Å². The molecule has 0 aromatic heterocycles. The van der Waals surface area contributed by atoms with Gasteiger partial charge in [-0.1, -0.05) is 54.6 Å². The second-order valence-corrected chi connectivity index (χ2v) is 4.82. The first-order chi connectivity index (χ1) is 10.6. The molecule has 0 spiro atoms. The largest absolute Gasteiger partial charge is 0.462 e. The highest BCUT2D eigenvalue weighted by Crippen LogP contribution is 2.20.